The van der Waals surface area contributed by atoms with Crippen molar-refractivity contribution in [3.63, 3.8) is 0 Å². The molecule has 0 heterocycles. The first-order chi connectivity index (χ1) is 9.38. The molecule has 0 bridgehead atoms. The van der Waals surface area contributed by atoms with Gasteiger partial charge in [-0.1, -0.05) is 81.8 Å². The minimum Gasteiger partial charge on any atom is -0.0842 e. The Kier molecular flexibility index (Phi) is 5.53. The Balaban J connectivity index is 2.45. The van der Waals surface area contributed by atoms with Crippen LogP contribution in [0.15, 0.2) is 24.3 Å². The quantitative estimate of drug-likeness (QED) is 0.462. The van der Waals surface area contributed by atoms with E-state index in [-0.39, 0.29) is 0 Å². The standard InChI is InChI=1S/C14H6Cl6/c15-7-3-11(17)9(12(18)4-7)1-2-10-13(19)5-8(16)6-14(10)20/h1-6H. The van der Waals surface area contributed by atoms with Gasteiger partial charge in [-0.3, -0.25) is 0 Å². The monoisotopic (exact) mass is 384 g/mol. The van der Waals surface area contributed by atoms with Crippen molar-refractivity contribution in [2.24, 2.45) is 0 Å². The number of benzene rings is 2. The second-order valence-corrected chi connectivity index (χ2v) is 6.40. The van der Waals surface area contributed by atoms with Crippen LogP contribution < -0.4 is 0 Å². The van der Waals surface area contributed by atoms with E-state index in [1.54, 1.807) is 36.4 Å². The fourth-order valence-corrected chi connectivity index (χ4v) is 3.48. The van der Waals surface area contributed by atoms with E-state index in [2.05, 4.69) is 0 Å². The molecule has 0 spiro atoms. The van der Waals surface area contributed by atoms with Crippen molar-refractivity contribution < 1.29 is 0 Å². The smallest absolute Gasteiger partial charge is 0.0508 e. The van der Waals surface area contributed by atoms with Gasteiger partial charge in [-0.2, -0.15) is 0 Å². The summed E-state index contributed by atoms with van der Waals surface area (Å²) in [6.07, 6.45) is 3.45. The lowest BCUT2D eigenvalue weighted by molar-refractivity contribution is 1.63. The first-order valence-corrected chi connectivity index (χ1v) is 7.62. The maximum Gasteiger partial charge on any atom is 0.0508 e. The molecule has 0 aliphatic rings. The summed E-state index contributed by atoms with van der Waals surface area (Å²) in [6, 6.07) is 6.44. The summed E-state index contributed by atoms with van der Waals surface area (Å²) >= 11 is 36.1. The maximum absolute atomic E-state index is 6.10. The van der Waals surface area contributed by atoms with Crippen molar-refractivity contribution in [3.8, 4) is 0 Å². The molecule has 0 atom stereocenters. The Bertz CT molecular complexity index is 585. The fraction of sp³-hybridized carbons (Fsp3) is 0. The predicted molar refractivity (Wildman–Crippen MR) is 91.9 cm³/mol. The molecule has 2 aromatic rings. The maximum atomic E-state index is 6.10. The molecule has 0 N–H and O–H groups in total. The van der Waals surface area contributed by atoms with Crippen LogP contribution in [0.4, 0.5) is 0 Å². The van der Waals surface area contributed by atoms with Gasteiger partial charge in [0.1, 0.15) is 0 Å². The zero-order valence-electron chi connectivity index (χ0n) is 9.73. The SMILES string of the molecule is Clc1cc(Cl)c(C=Cc2c(Cl)cc(Cl)cc2Cl)c(Cl)c1. The molecule has 104 valence electrons. The summed E-state index contributed by atoms with van der Waals surface area (Å²) in [5.41, 5.74) is 1.28. The van der Waals surface area contributed by atoms with E-state index < -0.39 is 0 Å². The van der Waals surface area contributed by atoms with E-state index in [0.29, 0.717) is 41.3 Å². The van der Waals surface area contributed by atoms with Crippen LogP contribution in [0.5, 0.6) is 0 Å². The average Bonchev–Trinajstić information content (AvgIpc) is 2.30. The number of hydrogen-bond acceptors (Lipinski definition) is 0. The third-order valence-corrected chi connectivity index (χ3v) is 4.19. The van der Waals surface area contributed by atoms with Crippen LogP contribution >= 0.6 is 69.6 Å². The van der Waals surface area contributed by atoms with E-state index >= 15 is 0 Å². The van der Waals surface area contributed by atoms with Gasteiger partial charge in [0.05, 0.1) is 20.1 Å². The summed E-state index contributed by atoms with van der Waals surface area (Å²) in [5.74, 6) is 0. The molecule has 2 rings (SSSR count). The minimum absolute atomic E-state index is 0.444. The number of hydrogen-bond donors (Lipinski definition) is 0. The van der Waals surface area contributed by atoms with Gasteiger partial charge in [-0.05, 0) is 24.3 Å². The zero-order chi connectivity index (χ0) is 14.9. The fourth-order valence-electron chi connectivity index (χ4n) is 1.59. The Morgan fingerprint density at radius 3 is 1.00 bits per heavy atom. The molecular weight excluding hydrogens is 381 g/mol. The zero-order valence-corrected chi connectivity index (χ0v) is 14.3. The lowest BCUT2D eigenvalue weighted by atomic mass is 10.1. The van der Waals surface area contributed by atoms with Gasteiger partial charge >= 0.3 is 0 Å². The van der Waals surface area contributed by atoms with Crippen LogP contribution in [0.2, 0.25) is 30.1 Å². The van der Waals surface area contributed by atoms with Crippen molar-refractivity contribution in [2.45, 2.75) is 0 Å². The molecule has 0 unspecified atom stereocenters. The third-order valence-electron chi connectivity index (χ3n) is 2.50. The summed E-state index contributed by atoms with van der Waals surface area (Å²) in [6.45, 7) is 0. The Morgan fingerprint density at radius 1 is 0.500 bits per heavy atom. The van der Waals surface area contributed by atoms with Gasteiger partial charge in [0.15, 0.2) is 0 Å². The van der Waals surface area contributed by atoms with Crippen molar-refractivity contribution in [3.05, 3.63) is 65.5 Å². The van der Waals surface area contributed by atoms with Crippen molar-refractivity contribution in [2.75, 3.05) is 0 Å². The molecule has 0 saturated carbocycles. The molecule has 0 aliphatic heterocycles. The topological polar surface area (TPSA) is 0 Å². The van der Waals surface area contributed by atoms with E-state index in [1.807, 2.05) is 0 Å². The summed E-state index contributed by atoms with van der Waals surface area (Å²) in [7, 11) is 0. The van der Waals surface area contributed by atoms with E-state index in [0.717, 1.165) is 0 Å². The lowest BCUT2D eigenvalue weighted by Gasteiger charge is -2.05. The van der Waals surface area contributed by atoms with Crippen LogP contribution in [0, 0.1) is 0 Å². The Morgan fingerprint density at radius 2 is 0.750 bits per heavy atom. The molecule has 0 saturated heterocycles. The molecule has 0 aromatic heterocycles. The molecule has 6 heteroatoms. The lowest BCUT2D eigenvalue weighted by Crippen LogP contribution is -1.81. The number of rotatable bonds is 2. The predicted octanol–water partition coefficient (Wildman–Crippen LogP) is 7.78. The summed E-state index contributed by atoms with van der Waals surface area (Å²) < 4.78 is 0. The third kappa shape index (κ3) is 3.76. The summed E-state index contributed by atoms with van der Waals surface area (Å²) in [4.78, 5) is 0. The van der Waals surface area contributed by atoms with Crippen LogP contribution in [0.3, 0.4) is 0 Å². The van der Waals surface area contributed by atoms with Gasteiger partial charge in [0, 0.05) is 21.2 Å². The van der Waals surface area contributed by atoms with Crippen LogP contribution in [-0.2, 0) is 0 Å². The van der Waals surface area contributed by atoms with Crippen molar-refractivity contribution in [1.29, 1.82) is 0 Å². The highest BCUT2D eigenvalue weighted by Gasteiger charge is 2.07. The Hall–Kier alpha value is -0.0800. The minimum atomic E-state index is 0.444. The molecule has 20 heavy (non-hydrogen) atoms. The van der Waals surface area contributed by atoms with E-state index in [9.17, 15) is 0 Å². The highest BCUT2D eigenvalue weighted by Crippen LogP contribution is 2.33. The number of halogens is 6. The van der Waals surface area contributed by atoms with E-state index in [4.69, 9.17) is 69.6 Å². The normalized spacial score (nSPS) is 11.3. The molecule has 0 amide bonds. The second-order valence-electron chi connectivity index (χ2n) is 3.90. The van der Waals surface area contributed by atoms with Crippen LogP contribution in [0.1, 0.15) is 11.1 Å². The van der Waals surface area contributed by atoms with Gasteiger partial charge in [-0.15, -0.1) is 0 Å². The first-order valence-electron chi connectivity index (χ1n) is 5.35. The van der Waals surface area contributed by atoms with Crippen LogP contribution in [-0.4, -0.2) is 0 Å². The van der Waals surface area contributed by atoms with Gasteiger partial charge in [0.2, 0.25) is 0 Å². The summed E-state index contributed by atoms with van der Waals surface area (Å²) in [5, 5.41) is 2.72. The van der Waals surface area contributed by atoms with Crippen molar-refractivity contribution in [1.82, 2.24) is 0 Å². The molecular formula is C14H6Cl6. The largest absolute Gasteiger partial charge is 0.0842 e. The van der Waals surface area contributed by atoms with E-state index in [1.165, 1.54) is 0 Å². The van der Waals surface area contributed by atoms with Gasteiger partial charge in [-0.25, -0.2) is 0 Å². The van der Waals surface area contributed by atoms with Gasteiger partial charge in [0.25, 0.3) is 0 Å². The second kappa shape index (κ2) is 6.79. The first kappa shape index (κ1) is 16.3. The molecule has 0 radical (unpaired) electrons. The highest BCUT2D eigenvalue weighted by molar-refractivity contribution is 6.41. The molecule has 0 nitrogen and oxygen atoms in total. The van der Waals surface area contributed by atoms with Crippen LogP contribution in [0.25, 0.3) is 12.2 Å². The van der Waals surface area contributed by atoms with Gasteiger partial charge < -0.3 is 0 Å². The average molecular weight is 387 g/mol. The molecule has 0 aliphatic carbocycles. The molecule has 0 fully saturated rings. The Labute approximate surface area is 146 Å². The highest BCUT2D eigenvalue weighted by atomic mass is 35.5. The molecule has 2 aromatic carbocycles. The van der Waals surface area contributed by atoms with Crippen molar-refractivity contribution >= 4 is 81.8 Å².